The molecule has 2 aliphatic heterocycles. The standard InChI is InChI=1S/C17H22N6/c1-2-20-13-4-3-9-23(11-13)14-6-8-21-17-15(14)16(22-17)12(10-19)5-7-18/h5-8,10,13,18-20H,2-4,9,11H2,1H3/b12-5+,18-7?,19-10?/t13-/m0/s1. The third-order valence-electron chi connectivity index (χ3n) is 4.31. The first kappa shape index (κ1) is 15.6. The first-order valence-corrected chi connectivity index (χ1v) is 8.06. The molecule has 0 aromatic carbocycles. The number of hydrogen-bond acceptors (Lipinski definition) is 6. The predicted molar refractivity (Wildman–Crippen MR) is 95.0 cm³/mol. The van der Waals surface area contributed by atoms with Gasteiger partial charge in [-0.25, -0.2) is 9.98 Å². The van der Waals surface area contributed by atoms with Crippen molar-refractivity contribution >= 4 is 29.6 Å². The highest BCUT2D eigenvalue weighted by molar-refractivity contribution is 6.32. The third-order valence-corrected chi connectivity index (χ3v) is 4.31. The summed E-state index contributed by atoms with van der Waals surface area (Å²) in [5.74, 6) is 0.737. The van der Waals surface area contributed by atoms with E-state index in [2.05, 4.69) is 27.1 Å². The largest absolute Gasteiger partial charge is 0.369 e. The Bertz CT molecular complexity index is 674. The van der Waals surface area contributed by atoms with Crippen LogP contribution in [0, 0.1) is 10.8 Å². The summed E-state index contributed by atoms with van der Waals surface area (Å²) in [5.41, 5.74) is 3.58. The van der Waals surface area contributed by atoms with Gasteiger partial charge in [0.1, 0.15) is 0 Å². The number of likely N-dealkylation sites (N-methyl/N-ethyl adjacent to an activating group) is 1. The van der Waals surface area contributed by atoms with E-state index in [0.29, 0.717) is 11.6 Å². The zero-order valence-electron chi connectivity index (χ0n) is 13.3. The molecular formula is C17H22N6. The minimum atomic E-state index is 0.511. The number of aliphatic imine (C=N–C) groups is 1. The second-order valence-corrected chi connectivity index (χ2v) is 5.76. The van der Waals surface area contributed by atoms with Gasteiger partial charge in [0.15, 0.2) is 5.82 Å². The summed E-state index contributed by atoms with van der Waals surface area (Å²) in [5, 5.41) is 18.3. The van der Waals surface area contributed by atoms with Crippen LogP contribution in [0.3, 0.4) is 0 Å². The van der Waals surface area contributed by atoms with Gasteiger partial charge in [0, 0.05) is 43.3 Å². The predicted octanol–water partition coefficient (Wildman–Crippen LogP) is 2.32. The Kier molecular flexibility index (Phi) is 4.62. The maximum absolute atomic E-state index is 7.55. The van der Waals surface area contributed by atoms with E-state index in [9.17, 15) is 0 Å². The molecule has 0 amide bonds. The lowest BCUT2D eigenvalue weighted by Crippen LogP contribution is -2.46. The molecule has 1 aromatic rings. The lowest BCUT2D eigenvalue weighted by molar-refractivity contribution is 0.431. The van der Waals surface area contributed by atoms with Crippen LogP contribution in [0.25, 0.3) is 0 Å². The van der Waals surface area contributed by atoms with E-state index in [1.165, 1.54) is 18.9 Å². The number of fused-ring (bicyclic) bond motifs is 1. The fraction of sp³-hybridized carbons (Fsp3) is 0.412. The SMILES string of the molecule is CCN[C@H]1CCCN(c2ccnc3c2C(/C(C=N)=C/C=N)=N3)C1. The summed E-state index contributed by atoms with van der Waals surface area (Å²) in [6, 6.07) is 2.55. The molecule has 23 heavy (non-hydrogen) atoms. The van der Waals surface area contributed by atoms with E-state index in [1.807, 2.05) is 6.07 Å². The molecule has 1 atom stereocenters. The fourth-order valence-electron chi connectivity index (χ4n) is 3.27. The Balaban J connectivity index is 1.89. The van der Waals surface area contributed by atoms with Gasteiger partial charge in [-0.15, -0.1) is 0 Å². The van der Waals surface area contributed by atoms with Gasteiger partial charge >= 0.3 is 0 Å². The first-order valence-electron chi connectivity index (χ1n) is 8.06. The highest BCUT2D eigenvalue weighted by atomic mass is 15.2. The van der Waals surface area contributed by atoms with Crippen molar-refractivity contribution in [2.45, 2.75) is 25.8 Å². The molecule has 3 heterocycles. The molecule has 0 unspecified atom stereocenters. The second kappa shape index (κ2) is 6.83. The van der Waals surface area contributed by atoms with E-state index in [4.69, 9.17) is 10.8 Å². The van der Waals surface area contributed by atoms with E-state index in [0.717, 1.165) is 48.8 Å². The monoisotopic (exact) mass is 310 g/mol. The average molecular weight is 310 g/mol. The van der Waals surface area contributed by atoms with Crippen LogP contribution in [0.4, 0.5) is 11.5 Å². The van der Waals surface area contributed by atoms with Gasteiger partial charge in [-0.1, -0.05) is 6.92 Å². The van der Waals surface area contributed by atoms with Gasteiger partial charge in [0.25, 0.3) is 0 Å². The smallest absolute Gasteiger partial charge is 0.164 e. The van der Waals surface area contributed by atoms with Crippen molar-refractivity contribution < 1.29 is 0 Å². The number of nitrogens with zero attached hydrogens (tertiary/aromatic N) is 3. The normalized spacial score (nSPS) is 20.4. The Morgan fingerprint density at radius 2 is 2.35 bits per heavy atom. The number of pyridine rings is 1. The summed E-state index contributed by atoms with van der Waals surface area (Å²) < 4.78 is 0. The zero-order valence-corrected chi connectivity index (χ0v) is 13.3. The average Bonchev–Trinajstić information content (AvgIpc) is 2.55. The lowest BCUT2D eigenvalue weighted by atomic mass is 9.95. The second-order valence-electron chi connectivity index (χ2n) is 5.76. The molecular weight excluding hydrogens is 288 g/mol. The molecule has 3 rings (SSSR count). The van der Waals surface area contributed by atoms with Crippen LogP contribution >= 0.6 is 0 Å². The molecule has 0 aliphatic carbocycles. The van der Waals surface area contributed by atoms with Gasteiger partial charge in [-0.2, -0.15) is 0 Å². The van der Waals surface area contributed by atoms with Crippen LogP contribution in [-0.2, 0) is 0 Å². The highest BCUT2D eigenvalue weighted by Crippen LogP contribution is 2.38. The highest BCUT2D eigenvalue weighted by Gasteiger charge is 2.30. The Morgan fingerprint density at radius 3 is 3.09 bits per heavy atom. The van der Waals surface area contributed by atoms with Crippen LogP contribution in [0.1, 0.15) is 25.3 Å². The summed E-state index contributed by atoms with van der Waals surface area (Å²) in [6.07, 6.45) is 8.21. The van der Waals surface area contributed by atoms with Crippen molar-refractivity contribution in [2.24, 2.45) is 4.99 Å². The molecule has 120 valence electrons. The molecule has 0 spiro atoms. The van der Waals surface area contributed by atoms with Crippen LogP contribution in [0.15, 0.2) is 28.9 Å². The summed E-state index contributed by atoms with van der Waals surface area (Å²) in [4.78, 5) is 11.1. The topological polar surface area (TPSA) is 88.2 Å². The number of nitrogens with one attached hydrogen (secondary N) is 3. The van der Waals surface area contributed by atoms with Crippen molar-refractivity contribution in [2.75, 3.05) is 24.5 Å². The maximum atomic E-state index is 7.55. The molecule has 3 N–H and O–H groups in total. The molecule has 2 aliphatic rings. The fourth-order valence-corrected chi connectivity index (χ4v) is 3.27. The first-order chi connectivity index (χ1) is 11.3. The van der Waals surface area contributed by atoms with Gasteiger partial charge < -0.3 is 21.0 Å². The summed E-state index contributed by atoms with van der Waals surface area (Å²) in [6.45, 7) is 5.13. The molecule has 6 nitrogen and oxygen atoms in total. The van der Waals surface area contributed by atoms with Crippen molar-refractivity contribution in [1.29, 1.82) is 10.8 Å². The molecule has 6 heteroatoms. The molecule has 0 bridgehead atoms. The molecule has 1 fully saturated rings. The minimum Gasteiger partial charge on any atom is -0.369 e. The summed E-state index contributed by atoms with van der Waals surface area (Å²) in [7, 11) is 0. The van der Waals surface area contributed by atoms with Gasteiger partial charge in [0.2, 0.25) is 0 Å². The third kappa shape index (κ3) is 2.94. The van der Waals surface area contributed by atoms with Crippen molar-refractivity contribution in [3.63, 3.8) is 0 Å². The summed E-state index contributed by atoms with van der Waals surface area (Å²) >= 11 is 0. The van der Waals surface area contributed by atoms with Crippen molar-refractivity contribution in [3.8, 4) is 0 Å². The molecule has 1 saturated heterocycles. The van der Waals surface area contributed by atoms with E-state index < -0.39 is 0 Å². The van der Waals surface area contributed by atoms with Crippen molar-refractivity contribution in [3.05, 3.63) is 29.5 Å². The quantitative estimate of drug-likeness (QED) is 0.705. The lowest BCUT2D eigenvalue weighted by Gasteiger charge is -2.37. The number of allylic oxidation sites excluding steroid dienone is 2. The maximum Gasteiger partial charge on any atom is 0.164 e. The minimum absolute atomic E-state index is 0.511. The number of anilines is 1. The van der Waals surface area contributed by atoms with Crippen LogP contribution in [0.5, 0.6) is 0 Å². The number of rotatable bonds is 6. The van der Waals surface area contributed by atoms with E-state index >= 15 is 0 Å². The number of piperidine rings is 1. The van der Waals surface area contributed by atoms with Gasteiger partial charge in [0.05, 0.1) is 17.0 Å². The van der Waals surface area contributed by atoms with Crippen LogP contribution in [0.2, 0.25) is 0 Å². The molecule has 1 aromatic heterocycles. The number of hydrogen-bond donors (Lipinski definition) is 3. The Labute approximate surface area is 136 Å². The van der Waals surface area contributed by atoms with Gasteiger partial charge in [-0.05, 0) is 31.5 Å². The van der Waals surface area contributed by atoms with Crippen molar-refractivity contribution in [1.82, 2.24) is 10.3 Å². The molecule has 0 saturated carbocycles. The molecule has 0 radical (unpaired) electrons. The number of aromatic nitrogens is 1. The Hall–Kier alpha value is -2.34. The van der Waals surface area contributed by atoms with Gasteiger partial charge in [-0.3, -0.25) is 0 Å². The van der Waals surface area contributed by atoms with Crippen LogP contribution < -0.4 is 10.2 Å². The zero-order chi connectivity index (χ0) is 16.2. The van der Waals surface area contributed by atoms with Crippen LogP contribution in [-0.4, -0.2) is 48.8 Å². The van der Waals surface area contributed by atoms with E-state index in [-0.39, 0.29) is 0 Å². The van der Waals surface area contributed by atoms with E-state index in [1.54, 1.807) is 12.3 Å². The Morgan fingerprint density at radius 1 is 1.48 bits per heavy atom.